The molecule has 0 aromatic rings. The predicted octanol–water partition coefficient (Wildman–Crippen LogP) is 2.78. The van der Waals surface area contributed by atoms with Crippen LogP contribution in [0.4, 0.5) is 0 Å². The van der Waals surface area contributed by atoms with Crippen molar-refractivity contribution in [2.45, 2.75) is 69.9 Å². The van der Waals surface area contributed by atoms with Crippen LogP contribution in [0.1, 0.15) is 57.8 Å². The van der Waals surface area contributed by atoms with Gasteiger partial charge in [0.2, 0.25) is 0 Å². The van der Waals surface area contributed by atoms with Crippen LogP contribution in [0.5, 0.6) is 0 Å². The van der Waals surface area contributed by atoms with Gasteiger partial charge in [-0.3, -0.25) is 4.90 Å². The topological polar surface area (TPSA) is 15.3 Å². The fourth-order valence-electron chi connectivity index (χ4n) is 3.54. The van der Waals surface area contributed by atoms with Gasteiger partial charge in [-0.25, -0.2) is 0 Å². The molecule has 0 aromatic heterocycles. The predicted molar refractivity (Wildman–Crippen MR) is 69.8 cm³/mol. The second kappa shape index (κ2) is 6.61. The first-order valence-electron chi connectivity index (χ1n) is 7.32. The molecule has 1 aliphatic carbocycles. The maximum absolute atomic E-state index is 3.31. The second-order valence-corrected chi connectivity index (χ2v) is 5.57. The highest BCUT2D eigenvalue weighted by Gasteiger charge is 2.28. The Morgan fingerprint density at radius 3 is 2.50 bits per heavy atom. The molecular formula is C14H28N2. The summed E-state index contributed by atoms with van der Waals surface area (Å²) in [6.07, 6.45) is 13.0. The lowest BCUT2D eigenvalue weighted by molar-refractivity contribution is 0.0682. The zero-order valence-electron chi connectivity index (χ0n) is 10.9. The molecule has 94 valence electrons. The molecule has 16 heavy (non-hydrogen) atoms. The number of piperidine rings is 1. The molecule has 1 atom stereocenters. The Hall–Kier alpha value is -0.0800. The van der Waals surface area contributed by atoms with Crippen LogP contribution in [-0.2, 0) is 0 Å². The number of nitrogens with zero attached hydrogens (tertiary/aromatic N) is 1. The minimum atomic E-state index is 0.879. The molecule has 2 nitrogen and oxygen atoms in total. The summed E-state index contributed by atoms with van der Waals surface area (Å²) in [4.78, 5) is 2.86. The Bertz CT molecular complexity index is 187. The van der Waals surface area contributed by atoms with Crippen LogP contribution in [0.3, 0.4) is 0 Å². The van der Waals surface area contributed by atoms with Crippen molar-refractivity contribution >= 4 is 0 Å². The van der Waals surface area contributed by atoms with Gasteiger partial charge in [0.25, 0.3) is 0 Å². The Kier molecular flexibility index (Phi) is 5.11. The molecule has 0 amide bonds. The molecule has 0 bridgehead atoms. The number of hydrogen-bond donors (Lipinski definition) is 1. The lowest BCUT2D eigenvalue weighted by Crippen LogP contribution is -2.47. The second-order valence-electron chi connectivity index (χ2n) is 5.57. The zero-order chi connectivity index (χ0) is 11.2. The summed E-state index contributed by atoms with van der Waals surface area (Å²) in [5.41, 5.74) is 0. The summed E-state index contributed by atoms with van der Waals surface area (Å²) in [6, 6.07) is 1.81. The van der Waals surface area contributed by atoms with E-state index in [-0.39, 0.29) is 0 Å². The molecule has 2 fully saturated rings. The molecule has 0 radical (unpaired) electrons. The van der Waals surface area contributed by atoms with Crippen LogP contribution < -0.4 is 5.32 Å². The molecule has 2 aliphatic rings. The van der Waals surface area contributed by atoms with Gasteiger partial charge in [0.05, 0.1) is 0 Å². The largest absolute Gasteiger partial charge is 0.320 e. The molecule has 1 saturated heterocycles. The van der Waals surface area contributed by atoms with Gasteiger partial charge in [0.1, 0.15) is 0 Å². The van der Waals surface area contributed by atoms with E-state index in [1.165, 1.54) is 70.9 Å². The average molecular weight is 224 g/mol. The minimum Gasteiger partial charge on any atom is -0.320 e. The van der Waals surface area contributed by atoms with E-state index in [0.29, 0.717) is 0 Å². The van der Waals surface area contributed by atoms with Crippen LogP contribution in [0.15, 0.2) is 0 Å². The van der Waals surface area contributed by atoms with Gasteiger partial charge in [-0.2, -0.15) is 0 Å². The van der Waals surface area contributed by atoms with Gasteiger partial charge in [-0.05, 0) is 52.2 Å². The zero-order valence-corrected chi connectivity index (χ0v) is 10.9. The van der Waals surface area contributed by atoms with Crippen molar-refractivity contribution in [1.82, 2.24) is 10.2 Å². The maximum Gasteiger partial charge on any atom is 0.0110 e. The van der Waals surface area contributed by atoms with Crippen LogP contribution in [0, 0.1) is 0 Å². The summed E-state index contributed by atoms with van der Waals surface area (Å²) in [5.74, 6) is 0. The van der Waals surface area contributed by atoms with Gasteiger partial charge in [-0.15, -0.1) is 0 Å². The minimum absolute atomic E-state index is 0.879. The van der Waals surface area contributed by atoms with Crippen LogP contribution in [-0.4, -0.2) is 37.1 Å². The summed E-state index contributed by atoms with van der Waals surface area (Å²) in [7, 11) is 2.08. The molecule has 2 heteroatoms. The number of hydrogen-bond acceptors (Lipinski definition) is 2. The third-order valence-electron chi connectivity index (χ3n) is 4.44. The lowest BCUT2D eigenvalue weighted by atomic mass is 9.89. The van der Waals surface area contributed by atoms with Crippen molar-refractivity contribution < 1.29 is 0 Å². The molecule has 0 aromatic carbocycles. The Balaban J connectivity index is 1.86. The van der Waals surface area contributed by atoms with Crippen LogP contribution >= 0.6 is 0 Å². The Labute approximate surface area is 101 Å². The van der Waals surface area contributed by atoms with Crippen molar-refractivity contribution in [2.75, 3.05) is 20.1 Å². The highest BCUT2D eigenvalue weighted by Crippen LogP contribution is 2.29. The summed E-state index contributed by atoms with van der Waals surface area (Å²) in [6.45, 7) is 2.56. The maximum atomic E-state index is 3.31. The first kappa shape index (κ1) is 12.4. The summed E-state index contributed by atoms with van der Waals surface area (Å²) in [5, 5.41) is 3.31. The number of nitrogens with one attached hydrogen (secondary N) is 1. The average Bonchev–Trinajstić information content (AvgIpc) is 2.38. The normalized spacial score (nSPS) is 29.4. The first-order chi connectivity index (χ1) is 7.92. The SMILES string of the molecule is CNCCC1CCCCN1C1CCCCC1. The smallest absolute Gasteiger partial charge is 0.0110 e. The molecule has 1 N–H and O–H groups in total. The first-order valence-corrected chi connectivity index (χ1v) is 7.32. The van der Waals surface area contributed by atoms with E-state index in [9.17, 15) is 0 Å². The summed E-state index contributed by atoms with van der Waals surface area (Å²) < 4.78 is 0. The van der Waals surface area contributed by atoms with Gasteiger partial charge in [0, 0.05) is 12.1 Å². The molecule has 0 spiro atoms. The fraction of sp³-hybridized carbons (Fsp3) is 1.00. The monoisotopic (exact) mass is 224 g/mol. The van der Waals surface area contributed by atoms with E-state index in [4.69, 9.17) is 0 Å². The van der Waals surface area contributed by atoms with E-state index in [0.717, 1.165) is 12.1 Å². The van der Waals surface area contributed by atoms with E-state index in [2.05, 4.69) is 17.3 Å². The molecule has 1 heterocycles. The van der Waals surface area contributed by atoms with Gasteiger partial charge < -0.3 is 5.32 Å². The third kappa shape index (κ3) is 3.21. The molecule has 2 rings (SSSR count). The van der Waals surface area contributed by atoms with Crippen LogP contribution in [0.2, 0.25) is 0 Å². The van der Waals surface area contributed by atoms with Crippen molar-refractivity contribution in [3.05, 3.63) is 0 Å². The molecule has 1 aliphatic heterocycles. The lowest BCUT2D eigenvalue weighted by Gasteiger charge is -2.43. The third-order valence-corrected chi connectivity index (χ3v) is 4.44. The van der Waals surface area contributed by atoms with E-state index >= 15 is 0 Å². The van der Waals surface area contributed by atoms with Gasteiger partial charge >= 0.3 is 0 Å². The van der Waals surface area contributed by atoms with Crippen molar-refractivity contribution in [2.24, 2.45) is 0 Å². The highest BCUT2D eigenvalue weighted by molar-refractivity contribution is 4.84. The van der Waals surface area contributed by atoms with Gasteiger partial charge in [0.15, 0.2) is 0 Å². The molecular weight excluding hydrogens is 196 g/mol. The fourth-order valence-corrected chi connectivity index (χ4v) is 3.54. The molecule has 1 unspecified atom stereocenters. The Morgan fingerprint density at radius 2 is 1.75 bits per heavy atom. The standard InChI is InChI=1S/C14H28N2/c1-15-11-10-14-9-5-6-12-16(14)13-7-3-2-4-8-13/h13-15H,2-12H2,1H3. The number of rotatable bonds is 4. The van der Waals surface area contributed by atoms with Crippen molar-refractivity contribution in [1.29, 1.82) is 0 Å². The van der Waals surface area contributed by atoms with Crippen LogP contribution in [0.25, 0.3) is 0 Å². The van der Waals surface area contributed by atoms with E-state index in [1.54, 1.807) is 0 Å². The van der Waals surface area contributed by atoms with E-state index < -0.39 is 0 Å². The highest BCUT2D eigenvalue weighted by atomic mass is 15.2. The molecule has 1 saturated carbocycles. The van der Waals surface area contributed by atoms with Crippen molar-refractivity contribution in [3.8, 4) is 0 Å². The summed E-state index contributed by atoms with van der Waals surface area (Å²) >= 11 is 0. The Morgan fingerprint density at radius 1 is 1.00 bits per heavy atom. The van der Waals surface area contributed by atoms with Crippen molar-refractivity contribution in [3.63, 3.8) is 0 Å². The quantitative estimate of drug-likeness (QED) is 0.790. The number of likely N-dealkylation sites (tertiary alicyclic amines) is 1. The van der Waals surface area contributed by atoms with Gasteiger partial charge in [-0.1, -0.05) is 25.7 Å². The van der Waals surface area contributed by atoms with E-state index in [1.807, 2.05) is 0 Å².